The van der Waals surface area contributed by atoms with Gasteiger partial charge in [0.15, 0.2) is 0 Å². The Morgan fingerprint density at radius 3 is 3.05 bits per heavy atom. The highest BCUT2D eigenvalue weighted by Gasteiger charge is 2.05. The second kappa shape index (κ2) is 8.16. The molecule has 0 aliphatic heterocycles. The molecule has 0 bridgehead atoms. The zero-order valence-electron chi connectivity index (χ0n) is 11.1. The van der Waals surface area contributed by atoms with E-state index in [9.17, 15) is 0 Å². The van der Waals surface area contributed by atoms with Gasteiger partial charge in [0.25, 0.3) is 5.19 Å². The highest BCUT2D eigenvalue weighted by atomic mass is 35.5. The van der Waals surface area contributed by atoms with Gasteiger partial charge in [-0.3, -0.25) is 0 Å². The Morgan fingerprint density at radius 2 is 2.25 bits per heavy atom. The second-order valence-corrected chi connectivity index (χ2v) is 5.51. The van der Waals surface area contributed by atoms with Crippen molar-refractivity contribution in [1.29, 1.82) is 0 Å². The predicted octanol–water partition coefficient (Wildman–Crippen LogP) is 2.51. The molecule has 1 aromatic carbocycles. The summed E-state index contributed by atoms with van der Waals surface area (Å²) < 4.78 is 10.5. The fraction of sp³-hybridized carbons (Fsp3) is 0.385. The Hall–Kier alpha value is -1.21. The lowest BCUT2D eigenvalue weighted by molar-refractivity contribution is 0.199. The van der Waals surface area contributed by atoms with Crippen LogP contribution in [0.4, 0.5) is 0 Å². The average molecular weight is 314 g/mol. The SMILES string of the molecule is COCCNCc1nnc(OCc2cccc(Cl)c2)s1. The minimum atomic E-state index is 0.437. The lowest BCUT2D eigenvalue weighted by atomic mass is 10.2. The van der Waals surface area contributed by atoms with E-state index < -0.39 is 0 Å². The van der Waals surface area contributed by atoms with Crippen LogP contribution < -0.4 is 10.1 Å². The number of nitrogens with one attached hydrogen (secondary N) is 1. The number of aromatic nitrogens is 2. The van der Waals surface area contributed by atoms with Gasteiger partial charge in [0.2, 0.25) is 0 Å². The van der Waals surface area contributed by atoms with Gasteiger partial charge in [-0.15, -0.1) is 5.10 Å². The fourth-order valence-corrected chi connectivity index (χ4v) is 2.38. The summed E-state index contributed by atoms with van der Waals surface area (Å²) >= 11 is 7.35. The Morgan fingerprint density at radius 1 is 1.35 bits per heavy atom. The van der Waals surface area contributed by atoms with Crippen LogP contribution in [0.5, 0.6) is 5.19 Å². The summed E-state index contributed by atoms with van der Waals surface area (Å²) in [5.41, 5.74) is 1.01. The van der Waals surface area contributed by atoms with Crippen molar-refractivity contribution < 1.29 is 9.47 Å². The fourth-order valence-electron chi connectivity index (χ4n) is 1.51. The van der Waals surface area contributed by atoms with Gasteiger partial charge in [0.1, 0.15) is 11.6 Å². The summed E-state index contributed by atoms with van der Waals surface area (Å²) in [6.07, 6.45) is 0. The minimum absolute atomic E-state index is 0.437. The summed E-state index contributed by atoms with van der Waals surface area (Å²) in [6, 6.07) is 7.56. The van der Waals surface area contributed by atoms with Crippen LogP contribution in [-0.4, -0.2) is 30.5 Å². The van der Waals surface area contributed by atoms with Crippen LogP contribution in [0.15, 0.2) is 24.3 Å². The van der Waals surface area contributed by atoms with E-state index in [0.29, 0.717) is 30.0 Å². The summed E-state index contributed by atoms with van der Waals surface area (Å²) in [5.74, 6) is 0. The number of ether oxygens (including phenoxy) is 2. The zero-order valence-corrected chi connectivity index (χ0v) is 12.7. The number of methoxy groups -OCH3 is 1. The van der Waals surface area contributed by atoms with Crippen LogP contribution in [-0.2, 0) is 17.9 Å². The average Bonchev–Trinajstić information content (AvgIpc) is 2.89. The molecule has 1 aromatic heterocycles. The quantitative estimate of drug-likeness (QED) is 0.759. The molecule has 2 aromatic rings. The maximum Gasteiger partial charge on any atom is 0.294 e. The van der Waals surface area contributed by atoms with Gasteiger partial charge in [-0.2, -0.15) is 0 Å². The molecule has 0 aliphatic carbocycles. The summed E-state index contributed by atoms with van der Waals surface area (Å²) in [7, 11) is 1.68. The standard InChI is InChI=1S/C13H16ClN3O2S/c1-18-6-5-15-8-12-16-17-13(20-12)19-9-10-3-2-4-11(14)7-10/h2-4,7,15H,5-6,8-9H2,1H3. The molecule has 0 amide bonds. The molecule has 1 N–H and O–H groups in total. The molecule has 0 atom stereocenters. The minimum Gasteiger partial charge on any atom is -0.464 e. The number of rotatable bonds is 8. The number of hydrogen-bond acceptors (Lipinski definition) is 6. The molecule has 0 fully saturated rings. The van der Waals surface area contributed by atoms with E-state index in [1.54, 1.807) is 7.11 Å². The zero-order chi connectivity index (χ0) is 14.2. The first-order valence-electron chi connectivity index (χ1n) is 6.17. The van der Waals surface area contributed by atoms with Crippen molar-refractivity contribution in [2.75, 3.05) is 20.3 Å². The molecule has 0 radical (unpaired) electrons. The van der Waals surface area contributed by atoms with E-state index in [4.69, 9.17) is 21.1 Å². The third kappa shape index (κ3) is 5.05. The highest BCUT2D eigenvalue weighted by Crippen LogP contribution is 2.19. The molecule has 7 heteroatoms. The van der Waals surface area contributed by atoms with E-state index in [-0.39, 0.29) is 0 Å². The first kappa shape index (κ1) is 15.2. The maximum atomic E-state index is 5.91. The maximum absolute atomic E-state index is 5.91. The van der Waals surface area contributed by atoms with Gasteiger partial charge in [-0.05, 0) is 17.7 Å². The number of benzene rings is 1. The molecule has 0 aliphatic rings. The third-order valence-electron chi connectivity index (χ3n) is 2.46. The summed E-state index contributed by atoms with van der Waals surface area (Å²) in [5, 5.41) is 13.4. The molecule has 0 saturated carbocycles. The van der Waals surface area contributed by atoms with Crippen molar-refractivity contribution in [2.45, 2.75) is 13.2 Å². The first-order valence-corrected chi connectivity index (χ1v) is 7.36. The second-order valence-electron chi connectivity index (χ2n) is 4.05. The van der Waals surface area contributed by atoms with Gasteiger partial charge in [0.05, 0.1) is 6.61 Å². The van der Waals surface area contributed by atoms with Gasteiger partial charge < -0.3 is 14.8 Å². The van der Waals surface area contributed by atoms with Crippen molar-refractivity contribution in [3.8, 4) is 5.19 Å². The van der Waals surface area contributed by atoms with Crippen molar-refractivity contribution in [1.82, 2.24) is 15.5 Å². The Labute approximate surface area is 126 Å². The topological polar surface area (TPSA) is 56.3 Å². The summed E-state index contributed by atoms with van der Waals surface area (Å²) in [6.45, 7) is 2.57. The van der Waals surface area contributed by atoms with Crippen molar-refractivity contribution in [3.05, 3.63) is 39.9 Å². The van der Waals surface area contributed by atoms with Crippen LogP contribution in [0.3, 0.4) is 0 Å². The lowest BCUT2D eigenvalue weighted by Gasteiger charge is -2.02. The van der Waals surface area contributed by atoms with Crippen LogP contribution in [0.1, 0.15) is 10.6 Å². The van der Waals surface area contributed by atoms with Gasteiger partial charge in [-0.25, -0.2) is 0 Å². The molecule has 1 heterocycles. The Balaban J connectivity index is 1.78. The third-order valence-corrected chi connectivity index (χ3v) is 3.53. The van der Waals surface area contributed by atoms with E-state index in [1.807, 2.05) is 24.3 Å². The van der Waals surface area contributed by atoms with Crippen LogP contribution in [0.25, 0.3) is 0 Å². The van der Waals surface area contributed by atoms with Gasteiger partial charge in [-0.1, -0.05) is 40.2 Å². The molecular formula is C13H16ClN3O2S. The van der Waals surface area contributed by atoms with Crippen molar-refractivity contribution in [3.63, 3.8) is 0 Å². The van der Waals surface area contributed by atoms with E-state index >= 15 is 0 Å². The molecule has 2 rings (SSSR count). The van der Waals surface area contributed by atoms with Crippen molar-refractivity contribution >= 4 is 22.9 Å². The highest BCUT2D eigenvalue weighted by molar-refractivity contribution is 7.13. The Bertz CT molecular complexity index is 536. The van der Waals surface area contributed by atoms with E-state index in [2.05, 4.69) is 15.5 Å². The number of hydrogen-bond donors (Lipinski definition) is 1. The first-order chi connectivity index (χ1) is 9.78. The molecule has 0 spiro atoms. The molecule has 108 valence electrons. The molecule has 0 unspecified atom stereocenters. The van der Waals surface area contributed by atoms with Crippen LogP contribution >= 0.6 is 22.9 Å². The summed E-state index contributed by atoms with van der Waals surface area (Å²) in [4.78, 5) is 0. The monoisotopic (exact) mass is 313 g/mol. The smallest absolute Gasteiger partial charge is 0.294 e. The Kier molecular flexibility index (Phi) is 6.20. The molecule has 0 saturated heterocycles. The van der Waals surface area contributed by atoms with E-state index in [1.165, 1.54) is 11.3 Å². The largest absolute Gasteiger partial charge is 0.464 e. The number of nitrogens with zero attached hydrogens (tertiary/aromatic N) is 2. The van der Waals surface area contributed by atoms with Gasteiger partial charge >= 0.3 is 0 Å². The number of halogens is 1. The van der Waals surface area contributed by atoms with Crippen LogP contribution in [0.2, 0.25) is 5.02 Å². The van der Waals surface area contributed by atoms with E-state index in [0.717, 1.165) is 17.1 Å². The predicted molar refractivity (Wildman–Crippen MR) is 79.3 cm³/mol. The van der Waals surface area contributed by atoms with Crippen LogP contribution in [0, 0.1) is 0 Å². The van der Waals surface area contributed by atoms with Gasteiger partial charge in [0, 0.05) is 25.2 Å². The normalized spacial score (nSPS) is 10.7. The molecule has 5 nitrogen and oxygen atoms in total. The lowest BCUT2D eigenvalue weighted by Crippen LogP contribution is -2.18. The van der Waals surface area contributed by atoms with Crippen molar-refractivity contribution in [2.24, 2.45) is 0 Å². The molecular weight excluding hydrogens is 298 g/mol. The molecule has 20 heavy (non-hydrogen) atoms.